The number of fused-ring (bicyclic) bond motifs is 1. The smallest absolute Gasteiger partial charge is 0.0716 e. The number of methoxy groups -OCH3 is 1. The molecule has 0 aromatic rings. The van der Waals surface area contributed by atoms with Gasteiger partial charge in [-0.3, -0.25) is 4.90 Å². The number of hydrogen-bond acceptors (Lipinski definition) is 2. The number of hydrogen-bond donors (Lipinski definition) is 0. The molecule has 2 rings (SSSR count). The average Bonchev–Trinajstić information content (AvgIpc) is 2.56. The van der Waals surface area contributed by atoms with E-state index in [4.69, 9.17) is 4.74 Å². The Morgan fingerprint density at radius 1 is 1.40 bits per heavy atom. The van der Waals surface area contributed by atoms with Gasteiger partial charge in [-0.15, -0.1) is 0 Å². The zero-order valence-electron chi connectivity index (χ0n) is 10.7. The molecule has 0 bridgehead atoms. The molecule has 88 valence electrons. The Kier molecular flexibility index (Phi) is 2.85. The van der Waals surface area contributed by atoms with E-state index in [1.54, 1.807) is 0 Å². The molecule has 2 heteroatoms. The molecule has 0 radical (unpaired) electrons. The molecule has 2 nitrogen and oxygen atoms in total. The van der Waals surface area contributed by atoms with Crippen molar-refractivity contribution in [3.8, 4) is 0 Å². The standard InChI is InChI=1S/C13H25NO/c1-12(2,3)10-13-6-5-7-14(13)9-11(8-13)15-4/h11H,5-10H2,1-4H3/t11-,13+/m1/s1. The van der Waals surface area contributed by atoms with Crippen LogP contribution in [0.4, 0.5) is 0 Å². The SMILES string of the molecule is CO[C@H]1CN2CCC[C@@]2(CC(C)(C)C)C1. The van der Waals surface area contributed by atoms with Crippen LogP contribution in [0.2, 0.25) is 0 Å². The van der Waals surface area contributed by atoms with Gasteiger partial charge >= 0.3 is 0 Å². The first-order chi connectivity index (χ1) is 6.95. The van der Waals surface area contributed by atoms with E-state index in [2.05, 4.69) is 25.7 Å². The third-order valence-electron chi connectivity index (χ3n) is 3.97. The lowest BCUT2D eigenvalue weighted by atomic mass is 9.77. The molecule has 2 saturated heterocycles. The van der Waals surface area contributed by atoms with Crippen LogP contribution in [-0.4, -0.2) is 36.7 Å². The van der Waals surface area contributed by atoms with Crippen molar-refractivity contribution in [1.29, 1.82) is 0 Å². The summed E-state index contributed by atoms with van der Waals surface area (Å²) in [5, 5.41) is 0. The summed E-state index contributed by atoms with van der Waals surface area (Å²) in [7, 11) is 1.86. The van der Waals surface area contributed by atoms with Gasteiger partial charge < -0.3 is 4.74 Å². The molecule has 2 aliphatic heterocycles. The molecule has 0 aromatic carbocycles. The molecule has 0 amide bonds. The Labute approximate surface area is 94.0 Å². The van der Waals surface area contributed by atoms with Crippen molar-refractivity contribution in [1.82, 2.24) is 4.90 Å². The van der Waals surface area contributed by atoms with E-state index in [-0.39, 0.29) is 0 Å². The highest BCUT2D eigenvalue weighted by Gasteiger charge is 2.49. The molecule has 2 atom stereocenters. The van der Waals surface area contributed by atoms with Crippen molar-refractivity contribution in [3.63, 3.8) is 0 Å². The quantitative estimate of drug-likeness (QED) is 0.696. The van der Waals surface area contributed by atoms with Crippen LogP contribution in [0.3, 0.4) is 0 Å². The first-order valence-corrected chi connectivity index (χ1v) is 6.23. The fourth-order valence-electron chi connectivity index (χ4n) is 3.66. The molecule has 0 spiro atoms. The van der Waals surface area contributed by atoms with Crippen molar-refractivity contribution < 1.29 is 4.74 Å². The Balaban J connectivity index is 2.10. The lowest BCUT2D eigenvalue weighted by Crippen LogP contribution is -2.41. The van der Waals surface area contributed by atoms with Gasteiger partial charge in [0.15, 0.2) is 0 Å². The predicted octanol–water partition coefficient (Wildman–Crippen LogP) is 2.68. The van der Waals surface area contributed by atoms with Crippen molar-refractivity contribution >= 4 is 0 Å². The molecule has 0 unspecified atom stereocenters. The number of ether oxygens (including phenoxy) is 1. The highest BCUT2D eigenvalue weighted by atomic mass is 16.5. The largest absolute Gasteiger partial charge is 0.380 e. The summed E-state index contributed by atoms with van der Waals surface area (Å²) in [5.41, 5.74) is 0.907. The average molecular weight is 211 g/mol. The molecular formula is C13H25NO. The minimum atomic E-state index is 0.436. The van der Waals surface area contributed by atoms with E-state index >= 15 is 0 Å². The minimum Gasteiger partial charge on any atom is -0.380 e. The lowest BCUT2D eigenvalue weighted by Gasteiger charge is -2.37. The van der Waals surface area contributed by atoms with Crippen LogP contribution >= 0.6 is 0 Å². The maximum atomic E-state index is 5.55. The Bertz CT molecular complexity index is 233. The van der Waals surface area contributed by atoms with Crippen LogP contribution in [0.5, 0.6) is 0 Å². The fourth-order valence-corrected chi connectivity index (χ4v) is 3.66. The summed E-state index contributed by atoms with van der Waals surface area (Å²) in [6, 6.07) is 0. The van der Waals surface area contributed by atoms with E-state index < -0.39 is 0 Å². The third kappa shape index (κ3) is 2.21. The van der Waals surface area contributed by atoms with E-state index in [9.17, 15) is 0 Å². The summed E-state index contributed by atoms with van der Waals surface area (Å²) in [4.78, 5) is 2.69. The van der Waals surface area contributed by atoms with Crippen LogP contribution in [-0.2, 0) is 4.74 Å². The van der Waals surface area contributed by atoms with Gasteiger partial charge in [0.1, 0.15) is 0 Å². The topological polar surface area (TPSA) is 12.5 Å². The fraction of sp³-hybridized carbons (Fsp3) is 1.00. The molecule has 0 N–H and O–H groups in total. The molecule has 0 aliphatic carbocycles. The summed E-state index contributed by atoms with van der Waals surface area (Å²) >= 11 is 0. The van der Waals surface area contributed by atoms with Gasteiger partial charge in [0.2, 0.25) is 0 Å². The second kappa shape index (κ2) is 3.74. The summed E-state index contributed by atoms with van der Waals surface area (Å²) in [5.74, 6) is 0. The molecule has 2 aliphatic rings. The lowest BCUT2D eigenvalue weighted by molar-refractivity contribution is 0.105. The van der Waals surface area contributed by atoms with Crippen molar-refractivity contribution in [2.24, 2.45) is 5.41 Å². The predicted molar refractivity (Wildman–Crippen MR) is 63.0 cm³/mol. The van der Waals surface area contributed by atoms with E-state index in [0.717, 1.165) is 6.54 Å². The Morgan fingerprint density at radius 3 is 2.73 bits per heavy atom. The van der Waals surface area contributed by atoms with Crippen molar-refractivity contribution in [3.05, 3.63) is 0 Å². The molecule has 2 fully saturated rings. The van der Waals surface area contributed by atoms with Crippen LogP contribution in [0.15, 0.2) is 0 Å². The normalized spacial score (nSPS) is 37.2. The molecule has 0 aromatic heterocycles. The van der Waals surface area contributed by atoms with E-state index in [1.807, 2.05) is 7.11 Å². The van der Waals surface area contributed by atoms with Gasteiger partial charge in [-0.1, -0.05) is 20.8 Å². The number of rotatable bonds is 2. The van der Waals surface area contributed by atoms with Crippen molar-refractivity contribution in [2.75, 3.05) is 20.2 Å². The van der Waals surface area contributed by atoms with Crippen LogP contribution in [0.1, 0.15) is 46.5 Å². The van der Waals surface area contributed by atoms with Crippen LogP contribution in [0, 0.1) is 5.41 Å². The van der Waals surface area contributed by atoms with Crippen LogP contribution < -0.4 is 0 Å². The van der Waals surface area contributed by atoms with E-state index in [1.165, 1.54) is 32.2 Å². The van der Waals surface area contributed by atoms with Gasteiger partial charge in [-0.2, -0.15) is 0 Å². The minimum absolute atomic E-state index is 0.436. The van der Waals surface area contributed by atoms with Gasteiger partial charge in [-0.25, -0.2) is 0 Å². The molecule has 15 heavy (non-hydrogen) atoms. The highest BCUT2D eigenvalue weighted by Crippen LogP contribution is 2.46. The molecule has 2 heterocycles. The Hall–Kier alpha value is -0.0800. The maximum Gasteiger partial charge on any atom is 0.0716 e. The zero-order chi connectivity index (χ0) is 11.1. The third-order valence-corrected chi connectivity index (χ3v) is 3.97. The van der Waals surface area contributed by atoms with Crippen LogP contribution in [0.25, 0.3) is 0 Å². The monoisotopic (exact) mass is 211 g/mol. The second-order valence-electron chi connectivity index (χ2n) is 6.57. The number of nitrogens with zero attached hydrogens (tertiary/aromatic N) is 1. The molecule has 0 saturated carbocycles. The first-order valence-electron chi connectivity index (χ1n) is 6.23. The summed E-state index contributed by atoms with van der Waals surface area (Å²) < 4.78 is 5.55. The molecular weight excluding hydrogens is 186 g/mol. The van der Waals surface area contributed by atoms with Gasteiger partial charge in [0.25, 0.3) is 0 Å². The zero-order valence-corrected chi connectivity index (χ0v) is 10.7. The summed E-state index contributed by atoms with van der Waals surface area (Å²) in [6.07, 6.45) is 5.81. The van der Waals surface area contributed by atoms with Gasteiger partial charge in [0.05, 0.1) is 6.10 Å². The Morgan fingerprint density at radius 2 is 2.13 bits per heavy atom. The highest BCUT2D eigenvalue weighted by molar-refractivity contribution is 5.05. The second-order valence-corrected chi connectivity index (χ2v) is 6.57. The van der Waals surface area contributed by atoms with Gasteiger partial charge in [0, 0.05) is 19.2 Å². The maximum absolute atomic E-state index is 5.55. The van der Waals surface area contributed by atoms with E-state index in [0.29, 0.717) is 17.1 Å². The van der Waals surface area contributed by atoms with Gasteiger partial charge in [-0.05, 0) is 37.6 Å². The first kappa shape index (κ1) is 11.4. The summed E-state index contributed by atoms with van der Waals surface area (Å²) in [6.45, 7) is 9.53. The van der Waals surface area contributed by atoms with Crippen molar-refractivity contribution in [2.45, 2.75) is 58.1 Å².